The second-order valence-electron chi connectivity index (χ2n) is 5.07. The van der Waals surface area contributed by atoms with Crippen molar-refractivity contribution < 1.29 is 9.90 Å². The summed E-state index contributed by atoms with van der Waals surface area (Å²) in [5, 5.41) is 9.48. The van der Waals surface area contributed by atoms with Gasteiger partial charge in [-0.25, -0.2) is 0 Å². The molecule has 2 heterocycles. The van der Waals surface area contributed by atoms with Crippen molar-refractivity contribution in [1.29, 1.82) is 0 Å². The number of carbonyl (C=O) groups excluding carboxylic acids is 1. The van der Waals surface area contributed by atoms with Crippen molar-refractivity contribution >= 4 is 5.91 Å². The minimum atomic E-state index is -0.359. The maximum atomic E-state index is 12.4. The number of aliphatic hydroxyl groups excluding tert-OH is 1. The van der Waals surface area contributed by atoms with Gasteiger partial charge in [0, 0.05) is 30.0 Å². The lowest BCUT2D eigenvalue weighted by Crippen LogP contribution is -2.37. The van der Waals surface area contributed by atoms with Gasteiger partial charge in [0.05, 0.1) is 6.10 Å². The normalized spacial score (nSPS) is 21.1. The number of aromatic nitrogens is 1. The number of pyridine rings is 1. The molecule has 1 amide bonds. The third-order valence-corrected chi connectivity index (χ3v) is 3.39. The van der Waals surface area contributed by atoms with Crippen LogP contribution in [0.15, 0.2) is 18.3 Å². The molecule has 0 bridgehead atoms. The lowest BCUT2D eigenvalue weighted by Gasteiger charge is -2.25. The highest BCUT2D eigenvalue weighted by molar-refractivity contribution is 5.94. The van der Waals surface area contributed by atoms with Crippen LogP contribution < -0.4 is 0 Å². The molecule has 0 spiro atoms. The first kappa shape index (κ1) is 13.0. The summed E-state index contributed by atoms with van der Waals surface area (Å²) in [4.78, 5) is 18.4. The van der Waals surface area contributed by atoms with Crippen LogP contribution in [0.1, 0.15) is 42.2 Å². The van der Waals surface area contributed by atoms with Crippen LogP contribution in [0.3, 0.4) is 0 Å². The van der Waals surface area contributed by atoms with Crippen LogP contribution in [0, 0.1) is 6.92 Å². The van der Waals surface area contributed by atoms with E-state index in [4.69, 9.17) is 0 Å². The largest absolute Gasteiger partial charge is 0.393 e. The van der Waals surface area contributed by atoms with Gasteiger partial charge in [-0.05, 0) is 45.2 Å². The van der Waals surface area contributed by atoms with Gasteiger partial charge in [-0.15, -0.1) is 0 Å². The number of aryl methyl sites for hydroxylation is 1. The number of carbonyl (C=O) groups is 1. The van der Waals surface area contributed by atoms with Gasteiger partial charge in [-0.3, -0.25) is 9.78 Å². The quantitative estimate of drug-likeness (QED) is 0.887. The zero-order valence-corrected chi connectivity index (χ0v) is 11.0. The van der Waals surface area contributed by atoms with Gasteiger partial charge >= 0.3 is 0 Å². The van der Waals surface area contributed by atoms with Gasteiger partial charge in [0.1, 0.15) is 0 Å². The van der Waals surface area contributed by atoms with Crippen molar-refractivity contribution in [3.8, 4) is 0 Å². The molecule has 2 atom stereocenters. The van der Waals surface area contributed by atoms with Crippen molar-refractivity contribution in [2.75, 3.05) is 6.54 Å². The number of hydrogen-bond donors (Lipinski definition) is 1. The summed E-state index contributed by atoms with van der Waals surface area (Å²) in [6.45, 7) is 4.45. The van der Waals surface area contributed by atoms with E-state index in [1.807, 2.05) is 17.9 Å². The van der Waals surface area contributed by atoms with E-state index in [0.29, 0.717) is 12.0 Å². The highest BCUT2D eigenvalue weighted by Crippen LogP contribution is 2.23. The van der Waals surface area contributed by atoms with Crippen molar-refractivity contribution in [2.45, 2.75) is 45.3 Å². The maximum absolute atomic E-state index is 12.4. The van der Waals surface area contributed by atoms with E-state index in [1.54, 1.807) is 19.2 Å². The molecule has 4 heteroatoms. The Kier molecular flexibility index (Phi) is 3.97. The molecule has 1 aliphatic heterocycles. The third kappa shape index (κ3) is 2.88. The zero-order valence-electron chi connectivity index (χ0n) is 11.0. The Morgan fingerprint density at radius 1 is 1.67 bits per heavy atom. The van der Waals surface area contributed by atoms with Crippen LogP contribution in [0.2, 0.25) is 0 Å². The molecular formula is C14H20N2O2. The Morgan fingerprint density at radius 3 is 3.11 bits per heavy atom. The summed E-state index contributed by atoms with van der Waals surface area (Å²) in [6, 6.07) is 3.75. The Labute approximate surface area is 108 Å². The second kappa shape index (κ2) is 5.48. The molecule has 0 saturated carbocycles. The number of likely N-dealkylation sites (tertiary alicyclic amines) is 1. The van der Waals surface area contributed by atoms with E-state index < -0.39 is 0 Å². The Balaban J connectivity index is 2.12. The molecule has 1 aromatic heterocycles. The first-order chi connectivity index (χ1) is 8.58. The standard InChI is InChI=1S/C14H20N2O2/c1-10-8-12(5-6-15-10)14(18)16-7-3-4-13(16)9-11(2)17/h5-6,8,11,13,17H,3-4,7,9H2,1-2H3. The first-order valence-corrected chi connectivity index (χ1v) is 6.49. The summed E-state index contributed by atoms with van der Waals surface area (Å²) in [7, 11) is 0. The summed E-state index contributed by atoms with van der Waals surface area (Å²) in [6.07, 6.45) is 3.98. The van der Waals surface area contributed by atoms with Crippen LogP contribution in [0.4, 0.5) is 0 Å². The van der Waals surface area contributed by atoms with Gasteiger partial charge in [0.2, 0.25) is 0 Å². The number of aliphatic hydroxyl groups is 1. The maximum Gasteiger partial charge on any atom is 0.254 e. The molecule has 1 aromatic rings. The van der Waals surface area contributed by atoms with Crippen LogP contribution in [-0.2, 0) is 0 Å². The molecule has 0 radical (unpaired) electrons. The van der Waals surface area contributed by atoms with Gasteiger partial charge in [0.15, 0.2) is 0 Å². The first-order valence-electron chi connectivity index (χ1n) is 6.49. The van der Waals surface area contributed by atoms with E-state index in [9.17, 15) is 9.90 Å². The lowest BCUT2D eigenvalue weighted by atomic mass is 10.1. The van der Waals surface area contributed by atoms with Crippen LogP contribution in [0.25, 0.3) is 0 Å². The minimum Gasteiger partial charge on any atom is -0.393 e. The summed E-state index contributed by atoms with van der Waals surface area (Å²) in [5.41, 5.74) is 1.55. The average molecular weight is 248 g/mol. The third-order valence-electron chi connectivity index (χ3n) is 3.39. The summed E-state index contributed by atoms with van der Waals surface area (Å²) in [5.74, 6) is 0.0589. The van der Waals surface area contributed by atoms with E-state index >= 15 is 0 Å². The number of rotatable bonds is 3. The van der Waals surface area contributed by atoms with Gasteiger partial charge in [-0.1, -0.05) is 0 Å². The average Bonchev–Trinajstić information content (AvgIpc) is 2.75. The fourth-order valence-electron chi connectivity index (χ4n) is 2.59. The molecular weight excluding hydrogens is 228 g/mol. The second-order valence-corrected chi connectivity index (χ2v) is 5.07. The molecule has 2 unspecified atom stereocenters. The Hall–Kier alpha value is -1.42. The van der Waals surface area contributed by atoms with Gasteiger partial charge in [-0.2, -0.15) is 0 Å². The fraction of sp³-hybridized carbons (Fsp3) is 0.571. The van der Waals surface area contributed by atoms with E-state index in [2.05, 4.69) is 4.98 Å². The highest BCUT2D eigenvalue weighted by Gasteiger charge is 2.30. The van der Waals surface area contributed by atoms with Crippen molar-refractivity contribution in [3.63, 3.8) is 0 Å². The molecule has 1 saturated heterocycles. The molecule has 4 nitrogen and oxygen atoms in total. The zero-order chi connectivity index (χ0) is 13.1. The van der Waals surface area contributed by atoms with Crippen LogP contribution in [0.5, 0.6) is 0 Å². The predicted molar refractivity (Wildman–Crippen MR) is 69.3 cm³/mol. The topological polar surface area (TPSA) is 53.4 Å². The van der Waals surface area contributed by atoms with Crippen molar-refractivity contribution in [1.82, 2.24) is 9.88 Å². The van der Waals surface area contributed by atoms with E-state index in [-0.39, 0.29) is 18.1 Å². The highest BCUT2D eigenvalue weighted by atomic mass is 16.3. The Morgan fingerprint density at radius 2 is 2.44 bits per heavy atom. The van der Waals surface area contributed by atoms with E-state index in [0.717, 1.165) is 25.1 Å². The van der Waals surface area contributed by atoms with Crippen LogP contribution >= 0.6 is 0 Å². The number of nitrogens with zero attached hydrogens (tertiary/aromatic N) is 2. The monoisotopic (exact) mass is 248 g/mol. The number of hydrogen-bond acceptors (Lipinski definition) is 3. The van der Waals surface area contributed by atoms with Crippen LogP contribution in [-0.4, -0.2) is 39.6 Å². The lowest BCUT2D eigenvalue weighted by molar-refractivity contribution is 0.0682. The number of amides is 1. The molecule has 98 valence electrons. The molecule has 1 aliphatic rings. The van der Waals surface area contributed by atoms with Gasteiger partial charge < -0.3 is 10.0 Å². The molecule has 2 rings (SSSR count). The van der Waals surface area contributed by atoms with Gasteiger partial charge in [0.25, 0.3) is 5.91 Å². The molecule has 1 N–H and O–H groups in total. The Bertz CT molecular complexity index is 432. The van der Waals surface area contributed by atoms with Crippen molar-refractivity contribution in [2.24, 2.45) is 0 Å². The molecule has 0 aromatic carbocycles. The van der Waals surface area contributed by atoms with Crippen molar-refractivity contribution in [3.05, 3.63) is 29.6 Å². The predicted octanol–water partition coefficient (Wildman–Crippen LogP) is 1.77. The summed E-state index contributed by atoms with van der Waals surface area (Å²) >= 11 is 0. The molecule has 0 aliphatic carbocycles. The molecule has 18 heavy (non-hydrogen) atoms. The summed E-state index contributed by atoms with van der Waals surface area (Å²) < 4.78 is 0. The minimum absolute atomic E-state index is 0.0589. The SMILES string of the molecule is Cc1cc(C(=O)N2CCCC2CC(C)O)ccn1. The molecule has 1 fully saturated rings. The fourth-order valence-corrected chi connectivity index (χ4v) is 2.59. The smallest absolute Gasteiger partial charge is 0.254 e. The van der Waals surface area contributed by atoms with E-state index in [1.165, 1.54) is 0 Å².